The van der Waals surface area contributed by atoms with Crippen molar-refractivity contribution in [2.45, 2.75) is 13.3 Å². The molecule has 0 fully saturated rings. The van der Waals surface area contributed by atoms with E-state index in [1.807, 2.05) is 37.3 Å². The number of anilines is 2. The summed E-state index contributed by atoms with van der Waals surface area (Å²) in [4.78, 5) is 37.3. The second-order valence-electron chi connectivity index (χ2n) is 6.61. The Morgan fingerprint density at radius 3 is 2.07 bits per heavy atom. The molecule has 30 heavy (non-hydrogen) atoms. The van der Waals surface area contributed by atoms with Gasteiger partial charge in [-0.1, -0.05) is 55.5 Å². The van der Waals surface area contributed by atoms with Crippen LogP contribution in [0.15, 0.2) is 78.9 Å². The maximum absolute atomic E-state index is 12.6. The molecule has 0 spiro atoms. The zero-order valence-electron chi connectivity index (χ0n) is 16.6. The van der Waals surface area contributed by atoms with Crippen molar-refractivity contribution in [3.8, 4) is 0 Å². The van der Waals surface area contributed by atoms with E-state index in [1.165, 1.54) is 0 Å². The average Bonchev–Trinajstić information content (AvgIpc) is 2.78. The summed E-state index contributed by atoms with van der Waals surface area (Å²) >= 11 is 0. The lowest BCUT2D eigenvalue weighted by Gasteiger charge is -2.12. The van der Waals surface area contributed by atoms with Crippen LogP contribution in [0.2, 0.25) is 0 Å². The van der Waals surface area contributed by atoms with Gasteiger partial charge in [0.15, 0.2) is 0 Å². The SMILES string of the molecule is CCc1ccccc1NC(=O)CNC(=O)c1ccccc1NC(=O)c1ccccc1. The summed E-state index contributed by atoms with van der Waals surface area (Å²) in [6, 6.07) is 22.9. The molecule has 0 aromatic heterocycles. The lowest BCUT2D eigenvalue weighted by molar-refractivity contribution is -0.115. The number of carbonyl (C=O) groups is 3. The molecule has 3 rings (SSSR count). The van der Waals surface area contributed by atoms with E-state index in [2.05, 4.69) is 16.0 Å². The molecule has 0 aliphatic heterocycles. The molecule has 0 saturated carbocycles. The predicted molar refractivity (Wildman–Crippen MR) is 118 cm³/mol. The van der Waals surface area contributed by atoms with Crippen LogP contribution in [0.4, 0.5) is 11.4 Å². The fraction of sp³-hybridized carbons (Fsp3) is 0.125. The van der Waals surface area contributed by atoms with Crippen molar-refractivity contribution >= 4 is 29.1 Å². The fourth-order valence-corrected chi connectivity index (χ4v) is 2.97. The van der Waals surface area contributed by atoms with Gasteiger partial charge < -0.3 is 16.0 Å². The molecule has 3 N–H and O–H groups in total. The van der Waals surface area contributed by atoms with Crippen LogP contribution in [-0.4, -0.2) is 24.3 Å². The van der Waals surface area contributed by atoms with E-state index >= 15 is 0 Å². The lowest BCUT2D eigenvalue weighted by Crippen LogP contribution is -2.33. The first-order valence-electron chi connectivity index (χ1n) is 9.70. The minimum atomic E-state index is -0.446. The number of amides is 3. The molecule has 3 aromatic carbocycles. The van der Waals surface area contributed by atoms with E-state index in [-0.39, 0.29) is 23.9 Å². The van der Waals surface area contributed by atoms with Crippen molar-refractivity contribution in [3.05, 3.63) is 95.6 Å². The molecule has 3 amide bonds. The van der Waals surface area contributed by atoms with Crippen LogP contribution < -0.4 is 16.0 Å². The predicted octanol–water partition coefficient (Wildman–Crippen LogP) is 3.87. The summed E-state index contributed by atoms with van der Waals surface area (Å²) < 4.78 is 0. The molecule has 6 nitrogen and oxygen atoms in total. The third kappa shape index (κ3) is 5.32. The Kier molecular flexibility index (Phi) is 6.95. The molecule has 0 aliphatic carbocycles. The van der Waals surface area contributed by atoms with E-state index in [1.54, 1.807) is 48.5 Å². The molecule has 0 unspecified atom stereocenters. The minimum Gasteiger partial charge on any atom is -0.343 e. The number of hydrogen-bond acceptors (Lipinski definition) is 3. The van der Waals surface area contributed by atoms with Crippen LogP contribution in [-0.2, 0) is 11.2 Å². The molecule has 3 aromatic rings. The van der Waals surface area contributed by atoms with E-state index in [4.69, 9.17) is 0 Å². The Balaban J connectivity index is 1.63. The first-order valence-corrected chi connectivity index (χ1v) is 9.70. The number of benzene rings is 3. The van der Waals surface area contributed by atoms with Crippen LogP contribution in [0.5, 0.6) is 0 Å². The van der Waals surface area contributed by atoms with Gasteiger partial charge in [0.2, 0.25) is 5.91 Å². The van der Waals surface area contributed by atoms with Crippen molar-refractivity contribution in [1.82, 2.24) is 5.32 Å². The average molecular weight is 401 g/mol. The first kappa shape index (κ1) is 20.8. The van der Waals surface area contributed by atoms with Crippen LogP contribution in [0.1, 0.15) is 33.2 Å². The molecule has 0 bridgehead atoms. The van der Waals surface area contributed by atoms with E-state index in [0.29, 0.717) is 11.3 Å². The van der Waals surface area contributed by atoms with Crippen LogP contribution >= 0.6 is 0 Å². The quantitative estimate of drug-likeness (QED) is 0.562. The maximum Gasteiger partial charge on any atom is 0.255 e. The molecule has 0 aliphatic rings. The van der Waals surface area contributed by atoms with Crippen molar-refractivity contribution < 1.29 is 14.4 Å². The Labute approximate surface area is 175 Å². The third-order valence-corrected chi connectivity index (χ3v) is 4.54. The van der Waals surface area contributed by atoms with E-state index in [0.717, 1.165) is 17.7 Å². The topological polar surface area (TPSA) is 87.3 Å². The fourth-order valence-electron chi connectivity index (χ4n) is 2.97. The van der Waals surface area contributed by atoms with Crippen LogP contribution in [0, 0.1) is 0 Å². The molecular weight excluding hydrogens is 378 g/mol. The van der Waals surface area contributed by atoms with Gasteiger partial charge in [0.05, 0.1) is 17.8 Å². The summed E-state index contributed by atoms with van der Waals surface area (Å²) in [5.41, 5.74) is 2.90. The number of para-hydroxylation sites is 2. The Bertz CT molecular complexity index is 1050. The first-order chi connectivity index (χ1) is 14.6. The Hall–Kier alpha value is -3.93. The molecule has 152 valence electrons. The standard InChI is InChI=1S/C24H23N3O3/c1-2-17-10-6-8-14-20(17)26-22(28)16-25-24(30)19-13-7-9-15-21(19)27-23(29)18-11-4-3-5-12-18/h3-15H,2,16H2,1H3,(H,25,30)(H,26,28)(H,27,29). The van der Waals surface area contributed by atoms with Gasteiger partial charge in [-0.2, -0.15) is 0 Å². The third-order valence-electron chi connectivity index (χ3n) is 4.54. The second kappa shape index (κ2) is 10.0. The normalized spacial score (nSPS) is 10.2. The zero-order chi connectivity index (χ0) is 21.3. The molecule has 0 radical (unpaired) electrons. The van der Waals surface area contributed by atoms with Crippen molar-refractivity contribution in [1.29, 1.82) is 0 Å². The van der Waals surface area contributed by atoms with E-state index in [9.17, 15) is 14.4 Å². The van der Waals surface area contributed by atoms with Crippen molar-refractivity contribution in [2.75, 3.05) is 17.2 Å². The summed E-state index contributed by atoms with van der Waals surface area (Å²) in [5, 5.41) is 8.17. The summed E-state index contributed by atoms with van der Waals surface area (Å²) in [6.45, 7) is 1.82. The van der Waals surface area contributed by atoms with Gasteiger partial charge in [0.25, 0.3) is 11.8 Å². The second-order valence-corrected chi connectivity index (χ2v) is 6.61. The van der Waals surface area contributed by atoms with Gasteiger partial charge in [-0.25, -0.2) is 0 Å². The highest BCUT2D eigenvalue weighted by Gasteiger charge is 2.15. The zero-order valence-corrected chi connectivity index (χ0v) is 16.6. The minimum absolute atomic E-state index is 0.183. The molecular formula is C24H23N3O3. The molecule has 0 saturated heterocycles. The molecule has 0 heterocycles. The van der Waals surface area contributed by atoms with Crippen LogP contribution in [0.25, 0.3) is 0 Å². The number of nitrogens with one attached hydrogen (secondary N) is 3. The number of carbonyl (C=O) groups excluding carboxylic acids is 3. The summed E-state index contributed by atoms with van der Waals surface area (Å²) in [6.07, 6.45) is 0.789. The van der Waals surface area contributed by atoms with Gasteiger partial charge in [-0.15, -0.1) is 0 Å². The number of aryl methyl sites for hydroxylation is 1. The van der Waals surface area contributed by atoms with Crippen molar-refractivity contribution in [3.63, 3.8) is 0 Å². The smallest absolute Gasteiger partial charge is 0.255 e. The van der Waals surface area contributed by atoms with Crippen molar-refractivity contribution in [2.24, 2.45) is 0 Å². The highest BCUT2D eigenvalue weighted by atomic mass is 16.2. The summed E-state index contributed by atoms with van der Waals surface area (Å²) in [7, 11) is 0. The number of rotatable bonds is 7. The van der Waals surface area contributed by atoms with Gasteiger partial charge in [0, 0.05) is 11.3 Å². The highest BCUT2D eigenvalue weighted by molar-refractivity contribution is 6.09. The van der Waals surface area contributed by atoms with Gasteiger partial charge in [0.1, 0.15) is 0 Å². The molecule has 6 heteroatoms. The Morgan fingerprint density at radius 1 is 0.700 bits per heavy atom. The monoisotopic (exact) mass is 401 g/mol. The summed E-state index contributed by atoms with van der Waals surface area (Å²) in [5.74, 6) is -1.09. The van der Waals surface area contributed by atoms with Gasteiger partial charge in [-0.3, -0.25) is 14.4 Å². The number of hydrogen-bond donors (Lipinski definition) is 3. The van der Waals surface area contributed by atoms with Gasteiger partial charge in [-0.05, 0) is 42.3 Å². The maximum atomic E-state index is 12.6. The largest absolute Gasteiger partial charge is 0.343 e. The molecule has 0 atom stereocenters. The Morgan fingerprint density at radius 2 is 1.33 bits per heavy atom. The van der Waals surface area contributed by atoms with Gasteiger partial charge >= 0.3 is 0 Å². The lowest BCUT2D eigenvalue weighted by atomic mass is 10.1. The highest BCUT2D eigenvalue weighted by Crippen LogP contribution is 2.17. The van der Waals surface area contributed by atoms with E-state index < -0.39 is 5.91 Å². The van der Waals surface area contributed by atoms with Crippen LogP contribution in [0.3, 0.4) is 0 Å².